The molecule has 6 heteroatoms. The van der Waals surface area contributed by atoms with Gasteiger partial charge in [-0.2, -0.15) is 0 Å². The Morgan fingerprint density at radius 1 is 1.35 bits per heavy atom. The second-order valence-corrected chi connectivity index (χ2v) is 4.10. The van der Waals surface area contributed by atoms with Crippen molar-refractivity contribution in [3.05, 3.63) is 22.4 Å². The Labute approximate surface area is 101 Å². The van der Waals surface area contributed by atoms with Crippen LogP contribution in [0.2, 0.25) is 0 Å². The molecule has 17 heavy (non-hydrogen) atoms. The van der Waals surface area contributed by atoms with E-state index in [9.17, 15) is 15.0 Å². The first-order chi connectivity index (χ1) is 8.08. The summed E-state index contributed by atoms with van der Waals surface area (Å²) < 4.78 is 10.1. The number of benzene rings is 1. The van der Waals surface area contributed by atoms with Gasteiger partial charge in [-0.1, -0.05) is 11.8 Å². The van der Waals surface area contributed by atoms with Gasteiger partial charge < -0.3 is 19.4 Å². The molecule has 2 aromatic rings. The summed E-state index contributed by atoms with van der Waals surface area (Å²) in [5, 5.41) is 19.8. The van der Waals surface area contributed by atoms with Gasteiger partial charge in [0.2, 0.25) is 5.75 Å². The monoisotopic (exact) mass is 254 g/mol. The number of rotatable bonds is 2. The summed E-state index contributed by atoms with van der Waals surface area (Å²) in [6, 6.07) is 2.53. The van der Waals surface area contributed by atoms with Gasteiger partial charge in [0, 0.05) is 12.1 Å². The van der Waals surface area contributed by atoms with Gasteiger partial charge in [-0.25, -0.2) is 0 Å². The Morgan fingerprint density at radius 2 is 2.06 bits per heavy atom. The van der Waals surface area contributed by atoms with Gasteiger partial charge in [0.1, 0.15) is 11.0 Å². The van der Waals surface area contributed by atoms with Crippen molar-refractivity contribution in [1.29, 1.82) is 0 Å². The molecule has 5 nitrogen and oxygen atoms in total. The molecule has 0 spiro atoms. The molecule has 1 aromatic carbocycles. The van der Waals surface area contributed by atoms with Crippen LogP contribution in [0.25, 0.3) is 11.0 Å². The van der Waals surface area contributed by atoms with Crippen LogP contribution in [0.1, 0.15) is 0 Å². The van der Waals surface area contributed by atoms with Crippen LogP contribution >= 0.6 is 11.8 Å². The molecule has 0 atom stereocenters. The van der Waals surface area contributed by atoms with Crippen LogP contribution in [0, 0.1) is 0 Å². The van der Waals surface area contributed by atoms with Crippen molar-refractivity contribution in [2.75, 3.05) is 13.4 Å². The van der Waals surface area contributed by atoms with Crippen LogP contribution in [0.4, 0.5) is 0 Å². The molecule has 0 unspecified atom stereocenters. The molecule has 0 radical (unpaired) electrons. The van der Waals surface area contributed by atoms with Crippen molar-refractivity contribution in [1.82, 2.24) is 0 Å². The van der Waals surface area contributed by atoms with E-state index in [1.807, 2.05) is 0 Å². The fourth-order valence-electron chi connectivity index (χ4n) is 1.55. The summed E-state index contributed by atoms with van der Waals surface area (Å²) in [5.41, 5.74) is -0.260. The second-order valence-electron chi connectivity index (χ2n) is 3.28. The molecule has 0 aliphatic carbocycles. The number of fused-ring (bicyclic) bond motifs is 1. The van der Waals surface area contributed by atoms with Crippen molar-refractivity contribution < 1.29 is 19.4 Å². The molecular weight excluding hydrogens is 244 g/mol. The lowest BCUT2D eigenvalue weighted by Gasteiger charge is -2.08. The van der Waals surface area contributed by atoms with Crippen LogP contribution in [-0.4, -0.2) is 23.6 Å². The summed E-state index contributed by atoms with van der Waals surface area (Å²) in [7, 11) is 1.29. The van der Waals surface area contributed by atoms with Gasteiger partial charge in [0.15, 0.2) is 22.0 Å². The van der Waals surface area contributed by atoms with Crippen molar-refractivity contribution in [3.63, 3.8) is 0 Å². The minimum atomic E-state index is -0.413. The molecule has 90 valence electrons. The SMILES string of the molecule is COc1c(O)cc2oc(SC)cc(=O)c2c1O. The summed E-state index contributed by atoms with van der Waals surface area (Å²) in [5.74, 6) is -0.829. The fraction of sp³-hybridized carbons (Fsp3) is 0.182. The van der Waals surface area contributed by atoms with Crippen LogP contribution < -0.4 is 10.2 Å². The number of phenols is 2. The average molecular weight is 254 g/mol. The van der Waals surface area contributed by atoms with E-state index < -0.39 is 5.75 Å². The number of phenolic OH excluding ortho intramolecular Hbond substituents is 2. The first-order valence-electron chi connectivity index (χ1n) is 4.69. The number of aromatic hydroxyl groups is 2. The fourth-order valence-corrected chi connectivity index (χ4v) is 1.95. The van der Waals surface area contributed by atoms with Gasteiger partial charge in [0.05, 0.1) is 7.11 Å². The van der Waals surface area contributed by atoms with E-state index in [2.05, 4.69) is 0 Å². The van der Waals surface area contributed by atoms with E-state index in [1.165, 1.54) is 31.0 Å². The van der Waals surface area contributed by atoms with Gasteiger partial charge in [-0.3, -0.25) is 4.79 Å². The standard InChI is InChI=1S/C11H10O5S/c1-15-11-6(13)3-7-9(10(11)14)5(12)4-8(16-7)17-2/h3-4,13-14H,1-2H3. The molecule has 0 saturated heterocycles. The van der Waals surface area contributed by atoms with Gasteiger partial charge in [-0.05, 0) is 6.26 Å². The van der Waals surface area contributed by atoms with Crippen LogP contribution in [-0.2, 0) is 0 Å². The number of hydrogen-bond acceptors (Lipinski definition) is 6. The van der Waals surface area contributed by atoms with Crippen molar-refractivity contribution in [2.24, 2.45) is 0 Å². The third-order valence-electron chi connectivity index (χ3n) is 2.31. The lowest BCUT2D eigenvalue weighted by atomic mass is 10.2. The molecule has 0 amide bonds. The smallest absolute Gasteiger partial charge is 0.203 e. The first kappa shape index (κ1) is 11.7. The van der Waals surface area contributed by atoms with Crippen molar-refractivity contribution >= 4 is 22.7 Å². The van der Waals surface area contributed by atoms with Crippen LogP contribution in [0.15, 0.2) is 26.4 Å². The molecule has 0 bridgehead atoms. The molecule has 1 aromatic heterocycles. The second kappa shape index (κ2) is 4.21. The maximum Gasteiger partial charge on any atom is 0.203 e. The summed E-state index contributed by atoms with van der Waals surface area (Å²) in [6.07, 6.45) is 1.76. The van der Waals surface area contributed by atoms with Crippen molar-refractivity contribution in [2.45, 2.75) is 5.09 Å². The number of hydrogen-bond donors (Lipinski definition) is 2. The van der Waals surface area contributed by atoms with E-state index in [1.54, 1.807) is 6.26 Å². The van der Waals surface area contributed by atoms with Crippen LogP contribution in [0.5, 0.6) is 17.2 Å². The van der Waals surface area contributed by atoms with Gasteiger partial charge in [0.25, 0.3) is 0 Å². The molecular formula is C11H10O5S. The molecule has 0 aliphatic heterocycles. The van der Waals surface area contributed by atoms with E-state index in [4.69, 9.17) is 9.15 Å². The van der Waals surface area contributed by atoms with Crippen molar-refractivity contribution in [3.8, 4) is 17.2 Å². The molecule has 2 N–H and O–H groups in total. The predicted octanol–water partition coefficient (Wildman–Crippen LogP) is 1.93. The highest BCUT2D eigenvalue weighted by Gasteiger charge is 2.17. The minimum Gasteiger partial charge on any atom is -0.504 e. The number of thioether (sulfide) groups is 1. The largest absolute Gasteiger partial charge is 0.504 e. The normalized spacial score (nSPS) is 10.7. The Bertz CT molecular complexity index is 632. The Hall–Kier alpha value is -1.82. The summed E-state index contributed by atoms with van der Waals surface area (Å²) in [4.78, 5) is 11.8. The molecule has 0 fully saturated rings. The van der Waals surface area contributed by atoms with E-state index in [0.717, 1.165) is 0 Å². The zero-order valence-corrected chi connectivity index (χ0v) is 10.00. The summed E-state index contributed by atoms with van der Waals surface area (Å²) >= 11 is 1.26. The average Bonchev–Trinajstić information content (AvgIpc) is 2.28. The third-order valence-corrected chi connectivity index (χ3v) is 2.91. The lowest BCUT2D eigenvalue weighted by Crippen LogP contribution is -2.01. The highest BCUT2D eigenvalue weighted by Crippen LogP contribution is 2.41. The van der Waals surface area contributed by atoms with E-state index in [0.29, 0.717) is 5.09 Å². The Kier molecular flexibility index (Phi) is 2.89. The quantitative estimate of drug-likeness (QED) is 0.797. The Balaban J connectivity index is 2.92. The Morgan fingerprint density at radius 3 is 2.65 bits per heavy atom. The first-order valence-corrected chi connectivity index (χ1v) is 5.91. The zero-order valence-electron chi connectivity index (χ0n) is 9.18. The topological polar surface area (TPSA) is 79.9 Å². The maximum absolute atomic E-state index is 11.8. The molecule has 2 rings (SSSR count). The van der Waals surface area contributed by atoms with E-state index in [-0.39, 0.29) is 27.9 Å². The third kappa shape index (κ3) is 1.80. The van der Waals surface area contributed by atoms with Gasteiger partial charge in [-0.15, -0.1) is 0 Å². The minimum absolute atomic E-state index is 0.00236. The predicted molar refractivity (Wildman–Crippen MR) is 64.1 cm³/mol. The highest BCUT2D eigenvalue weighted by atomic mass is 32.2. The number of ether oxygens (including phenoxy) is 1. The molecule has 1 heterocycles. The molecule has 0 saturated carbocycles. The molecule has 0 aliphatic rings. The van der Waals surface area contributed by atoms with E-state index >= 15 is 0 Å². The summed E-state index contributed by atoms with van der Waals surface area (Å²) in [6.45, 7) is 0. The zero-order chi connectivity index (χ0) is 12.6. The van der Waals surface area contributed by atoms with Gasteiger partial charge >= 0.3 is 0 Å². The van der Waals surface area contributed by atoms with Crippen LogP contribution in [0.3, 0.4) is 0 Å². The maximum atomic E-state index is 11.8. The number of methoxy groups -OCH3 is 1. The highest BCUT2D eigenvalue weighted by molar-refractivity contribution is 7.98. The lowest BCUT2D eigenvalue weighted by molar-refractivity contribution is 0.345.